The molecule has 2 aliphatic rings. The molecule has 5 rings (SSSR count). The van der Waals surface area contributed by atoms with Crippen LogP contribution in [0.25, 0.3) is 0 Å². The minimum Gasteiger partial charge on any atom is -0.485 e. The number of anilines is 1. The minimum atomic E-state index is -1.03. The van der Waals surface area contributed by atoms with Gasteiger partial charge >= 0.3 is 0 Å². The van der Waals surface area contributed by atoms with Crippen molar-refractivity contribution in [3.63, 3.8) is 0 Å². The Labute approximate surface area is 215 Å². The van der Waals surface area contributed by atoms with Crippen LogP contribution in [0, 0.1) is 12.7 Å². The highest BCUT2D eigenvalue weighted by molar-refractivity contribution is 6.03. The zero-order chi connectivity index (χ0) is 25.9. The van der Waals surface area contributed by atoms with Crippen LogP contribution in [0.3, 0.4) is 0 Å². The predicted molar refractivity (Wildman–Crippen MR) is 136 cm³/mol. The second kappa shape index (κ2) is 10.6. The maximum Gasteiger partial charge on any atom is 0.272 e. The number of aryl methyl sites for hydroxylation is 2. The van der Waals surface area contributed by atoms with Crippen LogP contribution in [0.2, 0.25) is 0 Å². The number of para-hydroxylation sites is 2. The summed E-state index contributed by atoms with van der Waals surface area (Å²) < 4.78 is 27.3. The van der Waals surface area contributed by atoms with Gasteiger partial charge in [-0.1, -0.05) is 31.4 Å². The number of aromatic nitrogens is 2. The van der Waals surface area contributed by atoms with Crippen LogP contribution in [-0.4, -0.2) is 40.3 Å². The third-order valence-electron chi connectivity index (χ3n) is 6.93. The molecule has 2 atom stereocenters. The number of nitrogens with zero attached hydrogens (tertiary/aromatic N) is 3. The molecule has 1 saturated carbocycles. The molecule has 9 heteroatoms. The molecule has 1 aromatic heterocycles. The van der Waals surface area contributed by atoms with E-state index in [2.05, 4.69) is 10.4 Å². The smallest absolute Gasteiger partial charge is 0.272 e. The van der Waals surface area contributed by atoms with Gasteiger partial charge in [-0.3, -0.25) is 19.2 Å². The predicted octanol–water partition coefficient (Wildman–Crippen LogP) is 4.23. The first kappa shape index (κ1) is 24.8. The highest BCUT2D eigenvalue weighted by atomic mass is 19.1. The first-order chi connectivity index (χ1) is 17.9. The third kappa shape index (κ3) is 5.30. The van der Waals surface area contributed by atoms with Crippen molar-refractivity contribution in [2.45, 2.75) is 57.2 Å². The monoisotopic (exact) mass is 506 g/mol. The van der Waals surface area contributed by atoms with Gasteiger partial charge in [0.2, 0.25) is 12.0 Å². The van der Waals surface area contributed by atoms with E-state index < -0.39 is 23.9 Å². The lowest BCUT2D eigenvalue weighted by Crippen LogP contribution is -2.52. The number of hydrogen-bond acceptors (Lipinski definition) is 5. The van der Waals surface area contributed by atoms with E-state index in [1.165, 1.54) is 29.2 Å². The molecule has 1 N–H and O–H groups in total. The van der Waals surface area contributed by atoms with Gasteiger partial charge in [-0.25, -0.2) is 4.39 Å². The van der Waals surface area contributed by atoms with Crippen molar-refractivity contribution in [2.24, 2.45) is 7.05 Å². The van der Waals surface area contributed by atoms with Crippen LogP contribution in [0.1, 0.15) is 49.4 Å². The molecule has 2 heterocycles. The number of carbonyl (C=O) groups is 2. The van der Waals surface area contributed by atoms with E-state index in [0.29, 0.717) is 28.4 Å². The molecule has 1 fully saturated rings. The summed E-state index contributed by atoms with van der Waals surface area (Å²) in [5.74, 6) is -0.212. The van der Waals surface area contributed by atoms with E-state index in [9.17, 15) is 14.0 Å². The molecule has 0 spiro atoms. The maximum absolute atomic E-state index is 14.1. The van der Waals surface area contributed by atoms with Crippen LogP contribution in [0.15, 0.2) is 54.7 Å². The fraction of sp³-hybridized carbons (Fsp3) is 0.393. The number of halogens is 1. The van der Waals surface area contributed by atoms with Crippen molar-refractivity contribution < 1.29 is 23.5 Å². The van der Waals surface area contributed by atoms with E-state index in [-0.39, 0.29) is 18.6 Å². The Morgan fingerprint density at radius 3 is 2.46 bits per heavy atom. The molecule has 2 aromatic carbocycles. The summed E-state index contributed by atoms with van der Waals surface area (Å²) in [6, 6.07) is 11.7. The van der Waals surface area contributed by atoms with Crippen molar-refractivity contribution >= 4 is 17.5 Å². The molecule has 1 aliphatic carbocycles. The summed E-state index contributed by atoms with van der Waals surface area (Å²) in [7, 11) is 1.77. The van der Waals surface area contributed by atoms with Gasteiger partial charge in [0.1, 0.15) is 18.5 Å². The molecule has 37 heavy (non-hydrogen) atoms. The fourth-order valence-corrected chi connectivity index (χ4v) is 5.11. The van der Waals surface area contributed by atoms with Crippen molar-refractivity contribution in [1.29, 1.82) is 0 Å². The Hall–Kier alpha value is -3.88. The molecule has 2 amide bonds. The van der Waals surface area contributed by atoms with Crippen molar-refractivity contribution in [2.75, 3.05) is 11.5 Å². The van der Waals surface area contributed by atoms with Crippen molar-refractivity contribution in [1.82, 2.24) is 15.1 Å². The minimum absolute atomic E-state index is 0.0173. The molecule has 0 unspecified atom stereocenters. The summed E-state index contributed by atoms with van der Waals surface area (Å²) in [6.45, 7) is 1.79. The van der Waals surface area contributed by atoms with E-state index in [0.717, 1.165) is 32.1 Å². The van der Waals surface area contributed by atoms with E-state index in [4.69, 9.17) is 9.47 Å². The molecule has 194 valence electrons. The van der Waals surface area contributed by atoms with Gasteiger partial charge in [-0.15, -0.1) is 0 Å². The normalized spacial score (nSPS) is 18.2. The highest BCUT2D eigenvalue weighted by Crippen LogP contribution is 2.35. The van der Waals surface area contributed by atoms with Gasteiger partial charge in [-0.05, 0) is 56.2 Å². The molecule has 0 radical (unpaired) electrons. The summed E-state index contributed by atoms with van der Waals surface area (Å²) in [5, 5.41) is 7.61. The summed E-state index contributed by atoms with van der Waals surface area (Å²) >= 11 is 0. The molecule has 8 nitrogen and oxygen atoms in total. The SMILES string of the molecule is Cc1nn(C)cc1[C@H](C(=O)NC1CCCCC1)N(C(=O)[C@H]1COc2ccccc2O1)c1ccc(F)cc1. The maximum atomic E-state index is 14.1. The number of amides is 2. The largest absolute Gasteiger partial charge is 0.485 e. The van der Waals surface area contributed by atoms with Crippen LogP contribution in [-0.2, 0) is 16.6 Å². The van der Waals surface area contributed by atoms with Gasteiger partial charge in [0.25, 0.3) is 5.91 Å². The lowest BCUT2D eigenvalue weighted by atomic mass is 9.94. The standard InChI is InChI=1S/C28H31FN4O4/c1-18-22(16-32(2)31-18)26(27(34)30-20-8-4-3-5-9-20)33(21-14-12-19(29)13-15-21)28(35)25-17-36-23-10-6-7-11-24(23)37-25/h6-7,10-16,20,25-26H,3-5,8-9,17H2,1-2H3,(H,30,34)/t25-,26-/m1/s1. The zero-order valence-corrected chi connectivity index (χ0v) is 21.0. The first-order valence-corrected chi connectivity index (χ1v) is 12.7. The van der Waals surface area contributed by atoms with Gasteiger partial charge in [0, 0.05) is 30.5 Å². The van der Waals surface area contributed by atoms with Crippen molar-refractivity contribution in [3.8, 4) is 11.5 Å². The number of rotatable bonds is 6. The van der Waals surface area contributed by atoms with E-state index >= 15 is 0 Å². The lowest BCUT2D eigenvalue weighted by molar-refractivity contribution is -0.132. The Balaban J connectivity index is 1.55. The Bertz CT molecular complexity index is 1270. The van der Waals surface area contributed by atoms with Crippen molar-refractivity contribution in [3.05, 3.63) is 71.8 Å². The number of ether oxygens (including phenoxy) is 2. The van der Waals surface area contributed by atoms with Gasteiger partial charge in [0.05, 0.1) is 5.69 Å². The number of benzene rings is 2. The van der Waals surface area contributed by atoms with Gasteiger partial charge in [-0.2, -0.15) is 5.10 Å². The summed E-state index contributed by atoms with van der Waals surface area (Å²) in [6.07, 6.45) is 5.79. The Morgan fingerprint density at radius 2 is 1.78 bits per heavy atom. The Kier molecular flexibility index (Phi) is 7.12. The highest BCUT2D eigenvalue weighted by Gasteiger charge is 2.41. The number of hydrogen-bond donors (Lipinski definition) is 1. The summed E-state index contributed by atoms with van der Waals surface area (Å²) in [5.41, 5.74) is 1.59. The van der Waals surface area contributed by atoms with E-state index in [1.54, 1.807) is 43.0 Å². The van der Waals surface area contributed by atoms with Crippen LogP contribution < -0.4 is 19.7 Å². The number of nitrogens with one attached hydrogen (secondary N) is 1. The average Bonchev–Trinajstić information content (AvgIpc) is 3.24. The second-order valence-corrected chi connectivity index (χ2v) is 9.64. The topological polar surface area (TPSA) is 85.7 Å². The quantitative estimate of drug-likeness (QED) is 0.541. The third-order valence-corrected chi connectivity index (χ3v) is 6.93. The lowest BCUT2D eigenvalue weighted by Gasteiger charge is -2.36. The average molecular weight is 507 g/mol. The molecule has 0 bridgehead atoms. The molecule has 1 aliphatic heterocycles. The zero-order valence-electron chi connectivity index (χ0n) is 21.0. The Morgan fingerprint density at radius 1 is 1.08 bits per heavy atom. The van der Waals surface area contributed by atoms with Crippen LogP contribution >= 0.6 is 0 Å². The number of fused-ring (bicyclic) bond motifs is 1. The fourth-order valence-electron chi connectivity index (χ4n) is 5.11. The second-order valence-electron chi connectivity index (χ2n) is 9.64. The first-order valence-electron chi connectivity index (χ1n) is 12.7. The molecular formula is C28H31FN4O4. The van der Waals surface area contributed by atoms with Gasteiger partial charge in [0.15, 0.2) is 11.5 Å². The summed E-state index contributed by atoms with van der Waals surface area (Å²) in [4.78, 5) is 29.5. The van der Waals surface area contributed by atoms with Gasteiger partial charge < -0.3 is 14.8 Å². The van der Waals surface area contributed by atoms with Crippen LogP contribution in [0.4, 0.5) is 10.1 Å². The molecule has 3 aromatic rings. The van der Waals surface area contributed by atoms with Crippen LogP contribution in [0.5, 0.6) is 11.5 Å². The van der Waals surface area contributed by atoms with E-state index in [1.807, 2.05) is 6.07 Å². The molecular weight excluding hydrogens is 475 g/mol. The number of carbonyl (C=O) groups excluding carboxylic acids is 2. The molecule has 0 saturated heterocycles.